The van der Waals surface area contributed by atoms with E-state index in [1.54, 1.807) is 20.3 Å². The van der Waals surface area contributed by atoms with Crippen LogP contribution in [0.1, 0.15) is 34.8 Å². The first-order chi connectivity index (χ1) is 13.0. The van der Waals surface area contributed by atoms with E-state index in [4.69, 9.17) is 15.2 Å². The zero-order valence-electron chi connectivity index (χ0n) is 15.2. The fourth-order valence-electron chi connectivity index (χ4n) is 3.54. The molecule has 2 N–H and O–H groups in total. The summed E-state index contributed by atoms with van der Waals surface area (Å²) in [5.41, 5.74) is 6.60. The number of nitro benzene ring substituents is 1. The van der Waals surface area contributed by atoms with E-state index in [0.29, 0.717) is 23.7 Å². The summed E-state index contributed by atoms with van der Waals surface area (Å²) in [6.45, 7) is 0.655. The number of nitrogens with two attached hydrogens (primary N) is 1. The molecule has 0 bridgehead atoms. The van der Waals surface area contributed by atoms with E-state index in [2.05, 4.69) is 0 Å². The predicted octanol–water partition coefficient (Wildman–Crippen LogP) is 3.05. The molecule has 2 aromatic carbocycles. The fraction of sp³-hybridized carbons (Fsp3) is 0.316. The Hall–Kier alpha value is -3.29. The predicted molar refractivity (Wildman–Crippen MR) is 100 cm³/mol. The fourth-order valence-corrected chi connectivity index (χ4v) is 3.54. The second-order valence-electron chi connectivity index (χ2n) is 6.28. The molecule has 0 unspecified atom stereocenters. The maximum Gasteiger partial charge on any atom is 0.293 e. The van der Waals surface area contributed by atoms with E-state index >= 15 is 0 Å². The summed E-state index contributed by atoms with van der Waals surface area (Å²) >= 11 is 0. The molecule has 27 heavy (non-hydrogen) atoms. The highest BCUT2D eigenvalue weighted by atomic mass is 16.6. The zero-order chi connectivity index (χ0) is 19.6. The monoisotopic (exact) mass is 371 g/mol. The molecule has 2 aromatic rings. The van der Waals surface area contributed by atoms with E-state index < -0.39 is 10.8 Å². The van der Waals surface area contributed by atoms with Crippen LogP contribution in [0, 0.1) is 10.1 Å². The number of carbonyl (C=O) groups excluding carboxylic acids is 1. The highest BCUT2D eigenvalue weighted by Gasteiger charge is 2.33. The third kappa shape index (κ3) is 3.51. The van der Waals surface area contributed by atoms with Crippen LogP contribution in [0.4, 0.5) is 11.4 Å². The standard InChI is InChI=1S/C19H21N3O5/c1-26-13-6-8-18(27-2)14(11-13)15-4-3-9-21(15)16-7-5-12(19(20)23)10-17(16)22(24)25/h5-8,10-11,15H,3-4,9H2,1-2H3,(H2,20,23)/t15-/m0/s1. The first-order valence-corrected chi connectivity index (χ1v) is 8.53. The Bertz CT molecular complexity index is 884. The maximum absolute atomic E-state index is 11.6. The van der Waals surface area contributed by atoms with Crippen LogP contribution in [0.5, 0.6) is 11.5 Å². The van der Waals surface area contributed by atoms with Crippen LogP contribution in [0.25, 0.3) is 0 Å². The Morgan fingerprint density at radius 1 is 1.22 bits per heavy atom. The lowest BCUT2D eigenvalue weighted by Crippen LogP contribution is -2.24. The van der Waals surface area contributed by atoms with Crippen molar-refractivity contribution in [3.05, 3.63) is 57.6 Å². The molecule has 0 aromatic heterocycles. The van der Waals surface area contributed by atoms with Crippen molar-refractivity contribution in [1.82, 2.24) is 0 Å². The van der Waals surface area contributed by atoms with Gasteiger partial charge in [-0.25, -0.2) is 0 Å². The van der Waals surface area contributed by atoms with E-state index in [0.717, 1.165) is 18.4 Å². The molecule has 1 amide bonds. The molecule has 1 saturated heterocycles. The quantitative estimate of drug-likeness (QED) is 0.618. The molecule has 0 radical (unpaired) electrons. The van der Waals surface area contributed by atoms with Crippen LogP contribution in [0.15, 0.2) is 36.4 Å². The van der Waals surface area contributed by atoms with E-state index in [9.17, 15) is 14.9 Å². The van der Waals surface area contributed by atoms with Gasteiger partial charge in [-0.2, -0.15) is 0 Å². The lowest BCUT2D eigenvalue weighted by Gasteiger charge is -2.28. The first kappa shape index (κ1) is 18.5. The van der Waals surface area contributed by atoms with Gasteiger partial charge in [0, 0.05) is 23.7 Å². The Labute approximate surface area is 156 Å². The number of ether oxygens (including phenoxy) is 2. The van der Waals surface area contributed by atoms with Crippen molar-refractivity contribution in [2.24, 2.45) is 5.73 Å². The SMILES string of the molecule is COc1ccc(OC)c([C@@H]2CCCN2c2ccc(C(N)=O)cc2[N+](=O)[O-])c1. The summed E-state index contributed by atoms with van der Waals surface area (Å²) in [5.74, 6) is 0.692. The molecule has 3 rings (SSSR count). The van der Waals surface area contributed by atoms with Gasteiger partial charge in [0.15, 0.2) is 0 Å². The van der Waals surface area contributed by atoms with Gasteiger partial charge in [-0.1, -0.05) is 0 Å². The highest BCUT2D eigenvalue weighted by molar-refractivity contribution is 5.94. The van der Waals surface area contributed by atoms with Gasteiger partial charge in [0.25, 0.3) is 5.69 Å². The smallest absolute Gasteiger partial charge is 0.293 e. The number of nitro groups is 1. The molecule has 8 heteroatoms. The van der Waals surface area contributed by atoms with Gasteiger partial charge >= 0.3 is 0 Å². The Kier molecular flexibility index (Phi) is 5.16. The number of hydrogen-bond donors (Lipinski definition) is 1. The second kappa shape index (κ2) is 7.53. The number of methoxy groups -OCH3 is 2. The number of anilines is 1. The van der Waals surface area contributed by atoms with Crippen molar-refractivity contribution in [2.75, 3.05) is 25.7 Å². The second-order valence-corrected chi connectivity index (χ2v) is 6.28. The molecule has 0 spiro atoms. The summed E-state index contributed by atoms with van der Waals surface area (Å²) < 4.78 is 10.8. The molecule has 0 aliphatic carbocycles. The van der Waals surface area contributed by atoms with Crippen LogP contribution >= 0.6 is 0 Å². The molecule has 1 heterocycles. The third-order valence-corrected chi connectivity index (χ3v) is 4.81. The van der Waals surface area contributed by atoms with Gasteiger partial charge in [0.05, 0.1) is 25.2 Å². The van der Waals surface area contributed by atoms with Crippen LogP contribution in [-0.2, 0) is 0 Å². The number of amides is 1. The molecule has 1 aliphatic heterocycles. The summed E-state index contributed by atoms with van der Waals surface area (Å²) in [5, 5.41) is 11.6. The van der Waals surface area contributed by atoms with Crippen LogP contribution in [0.3, 0.4) is 0 Å². The largest absolute Gasteiger partial charge is 0.497 e. The number of rotatable bonds is 6. The van der Waals surface area contributed by atoms with Gasteiger partial charge in [-0.3, -0.25) is 14.9 Å². The van der Waals surface area contributed by atoms with Crippen LogP contribution in [0.2, 0.25) is 0 Å². The molecule has 142 valence electrons. The van der Waals surface area contributed by atoms with Crippen molar-refractivity contribution >= 4 is 17.3 Å². The van der Waals surface area contributed by atoms with Gasteiger partial charge in [-0.15, -0.1) is 0 Å². The topological polar surface area (TPSA) is 108 Å². The Morgan fingerprint density at radius 2 is 2.00 bits per heavy atom. The van der Waals surface area contributed by atoms with Crippen molar-refractivity contribution < 1.29 is 19.2 Å². The molecule has 1 fully saturated rings. The molecule has 8 nitrogen and oxygen atoms in total. The first-order valence-electron chi connectivity index (χ1n) is 8.53. The minimum absolute atomic E-state index is 0.104. The number of primary amides is 1. The van der Waals surface area contributed by atoms with E-state index in [1.165, 1.54) is 12.1 Å². The molecular weight excluding hydrogens is 350 g/mol. The molecular formula is C19H21N3O5. The van der Waals surface area contributed by atoms with Crippen molar-refractivity contribution in [3.63, 3.8) is 0 Å². The normalized spacial score (nSPS) is 16.2. The lowest BCUT2D eigenvalue weighted by molar-refractivity contribution is -0.384. The lowest BCUT2D eigenvalue weighted by atomic mass is 10.0. The summed E-state index contributed by atoms with van der Waals surface area (Å²) in [4.78, 5) is 24.5. The highest BCUT2D eigenvalue weighted by Crippen LogP contribution is 2.44. The number of benzene rings is 2. The van der Waals surface area contributed by atoms with Gasteiger partial charge in [0.1, 0.15) is 17.2 Å². The van der Waals surface area contributed by atoms with Gasteiger partial charge < -0.3 is 20.1 Å². The maximum atomic E-state index is 11.6. The van der Waals surface area contributed by atoms with E-state index in [-0.39, 0.29) is 17.3 Å². The van der Waals surface area contributed by atoms with E-state index in [1.807, 2.05) is 23.1 Å². The van der Waals surface area contributed by atoms with Gasteiger partial charge in [0.2, 0.25) is 5.91 Å². The molecule has 0 saturated carbocycles. The summed E-state index contributed by atoms with van der Waals surface area (Å²) in [6, 6.07) is 9.77. The van der Waals surface area contributed by atoms with Crippen LogP contribution in [-0.4, -0.2) is 31.6 Å². The minimum atomic E-state index is -0.697. The van der Waals surface area contributed by atoms with Gasteiger partial charge in [-0.05, 0) is 43.2 Å². The zero-order valence-corrected chi connectivity index (χ0v) is 15.2. The number of nitrogens with zero attached hydrogens (tertiary/aromatic N) is 2. The average Bonchev–Trinajstić information content (AvgIpc) is 3.16. The molecule has 1 aliphatic rings. The van der Waals surface area contributed by atoms with Crippen molar-refractivity contribution in [2.45, 2.75) is 18.9 Å². The average molecular weight is 371 g/mol. The Balaban J connectivity index is 2.08. The summed E-state index contributed by atoms with van der Waals surface area (Å²) in [7, 11) is 3.18. The molecule has 1 atom stereocenters. The summed E-state index contributed by atoms with van der Waals surface area (Å²) in [6.07, 6.45) is 1.69. The van der Waals surface area contributed by atoms with Crippen molar-refractivity contribution in [3.8, 4) is 11.5 Å². The number of carbonyl (C=O) groups is 1. The third-order valence-electron chi connectivity index (χ3n) is 4.81. The number of hydrogen-bond acceptors (Lipinski definition) is 6. The van der Waals surface area contributed by atoms with Crippen molar-refractivity contribution in [1.29, 1.82) is 0 Å². The Morgan fingerprint density at radius 3 is 2.63 bits per heavy atom. The minimum Gasteiger partial charge on any atom is -0.497 e. The van der Waals surface area contributed by atoms with Crippen LogP contribution < -0.4 is 20.1 Å².